The predicted molar refractivity (Wildman–Crippen MR) is 58.4 cm³/mol. The average molecular weight is 219 g/mol. The minimum Gasteiger partial charge on any atom is -0.317 e. The molecule has 0 atom stereocenters. The Hall–Kier alpha value is -1.47. The quantitative estimate of drug-likeness (QED) is 0.823. The van der Waals surface area contributed by atoms with Gasteiger partial charge in [0, 0.05) is 6.20 Å². The Kier molecular flexibility index (Phi) is 3.16. The van der Waals surface area contributed by atoms with Gasteiger partial charge in [0.05, 0.1) is 11.8 Å². The molecule has 2 heterocycles. The fourth-order valence-corrected chi connectivity index (χ4v) is 2.10. The average Bonchev–Trinajstić information content (AvgIpc) is 2.39. The van der Waals surface area contributed by atoms with E-state index >= 15 is 0 Å². The van der Waals surface area contributed by atoms with E-state index in [-0.39, 0.29) is 0 Å². The summed E-state index contributed by atoms with van der Waals surface area (Å²) in [5.41, 5.74) is 0.779. The Bertz CT molecular complexity index is 405. The highest BCUT2D eigenvalue weighted by atomic mass is 19.1. The van der Waals surface area contributed by atoms with Crippen LogP contribution in [0.3, 0.4) is 0 Å². The summed E-state index contributed by atoms with van der Waals surface area (Å²) in [4.78, 5) is 4.24. The van der Waals surface area contributed by atoms with Crippen LogP contribution in [0, 0.1) is 11.3 Å². The Labute approximate surface area is 94.3 Å². The van der Waals surface area contributed by atoms with Crippen LogP contribution in [0.1, 0.15) is 24.1 Å². The molecule has 3 nitrogen and oxygen atoms in total. The van der Waals surface area contributed by atoms with Gasteiger partial charge in [-0.25, -0.2) is 4.39 Å². The van der Waals surface area contributed by atoms with E-state index in [0.717, 1.165) is 25.9 Å². The van der Waals surface area contributed by atoms with Gasteiger partial charge in [0.2, 0.25) is 0 Å². The molecule has 2 rings (SSSR count). The number of alkyl halides is 1. The van der Waals surface area contributed by atoms with Crippen molar-refractivity contribution in [3.05, 3.63) is 29.6 Å². The predicted octanol–water partition coefficient (Wildman–Crippen LogP) is 1.70. The van der Waals surface area contributed by atoms with E-state index in [9.17, 15) is 9.65 Å². The molecule has 0 saturated carbocycles. The third-order valence-corrected chi connectivity index (χ3v) is 3.14. The number of pyridine rings is 1. The number of aromatic nitrogens is 1. The fourth-order valence-electron chi connectivity index (χ4n) is 2.10. The van der Waals surface area contributed by atoms with E-state index in [1.807, 2.05) is 0 Å². The van der Waals surface area contributed by atoms with Crippen LogP contribution in [0.4, 0.5) is 4.39 Å². The molecule has 1 aromatic rings. The summed E-state index contributed by atoms with van der Waals surface area (Å²) in [6.45, 7) is 1.12. The lowest BCUT2D eigenvalue weighted by Gasteiger charge is -2.30. The molecule has 1 fully saturated rings. The van der Waals surface area contributed by atoms with Crippen LogP contribution >= 0.6 is 0 Å². The first-order valence-corrected chi connectivity index (χ1v) is 5.44. The molecule has 0 aliphatic carbocycles. The van der Waals surface area contributed by atoms with Crippen molar-refractivity contribution in [3.8, 4) is 6.07 Å². The van der Waals surface area contributed by atoms with E-state index in [1.165, 1.54) is 0 Å². The molecular formula is C12H14FN3. The Morgan fingerprint density at radius 1 is 1.50 bits per heavy atom. The number of rotatable bonds is 2. The molecule has 1 saturated heterocycles. The van der Waals surface area contributed by atoms with Gasteiger partial charge in [0.1, 0.15) is 12.1 Å². The molecule has 0 spiro atoms. The van der Waals surface area contributed by atoms with Crippen molar-refractivity contribution in [2.24, 2.45) is 0 Å². The number of nitrogens with zero attached hydrogens (tertiary/aromatic N) is 2. The van der Waals surface area contributed by atoms with E-state index in [0.29, 0.717) is 11.3 Å². The second-order valence-electron chi connectivity index (χ2n) is 4.13. The van der Waals surface area contributed by atoms with Crippen LogP contribution in [0.5, 0.6) is 0 Å². The smallest absolute Gasteiger partial charge is 0.115 e. The van der Waals surface area contributed by atoms with Crippen LogP contribution in [0.15, 0.2) is 18.3 Å². The molecule has 0 bridgehead atoms. The van der Waals surface area contributed by atoms with E-state index in [2.05, 4.69) is 16.4 Å². The molecule has 1 N–H and O–H groups in total. The maximum absolute atomic E-state index is 12.6. The molecule has 1 aliphatic rings. The van der Waals surface area contributed by atoms with Crippen molar-refractivity contribution in [2.75, 3.05) is 13.1 Å². The highest BCUT2D eigenvalue weighted by Crippen LogP contribution is 2.31. The molecule has 16 heavy (non-hydrogen) atoms. The van der Waals surface area contributed by atoms with Crippen molar-refractivity contribution in [2.45, 2.75) is 24.9 Å². The Morgan fingerprint density at radius 2 is 2.25 bits per heavy atom. The second-order valence-corrected chi connectivity index (χ2v) is 4.13. The minimum absolute atomic E-state index is 0.505. The van der Waals surface area contributed by atoms with Crippen LogP contribution in [-0.2, 0) is 12.1 Å². The number of nitrogens with one attached hydrogen (secondary N) is 1. The monoisotopic (exact) mass is 219 g/mol. The van der Waals surface area contributed by atoms with Gasteiger partial charge in [-0.05, 0) is 43.6 Å². The summed E-state index contributed by atoms with van der Waals surface area (Å²) in [6.07, 6.45) is 3.07. The number of hydrogen-bond acceptors (Lipinski definition) is 3. The van der Waals surface area contributed by atoms with E-state index < -0.39 is 12.1 Å². The van der Waals surface area contributed by atoms with Gasteiger partial charge in [-0.2, -0.15) is 5.26 Å². The number of nitriles is 1. The number of hydrogen-bond donors (Lipinski definition) is 1. The van der Waals surface area contributed by atoms with Crippen molar-refractivity contribution in [1.82, 2.24) is 10.3 Å². The summed E-state index contributed by atoms with van der Waals surface area (Å²) in [5, 5.41) is 12.6. The standard InChI is InChI=1S/C12H14FN3/c13-8-10-1-4-16-11(7-10)12(9-14)2-5-15-6-3-12/h1,4,7,15H,2-3,5-6,8H2. The zero-order valence-corrected chi connectivity index (χ0v) is 9.04. The molecule has 1 aliphatic heterocycles. The summed E-state index contributed by atoms with van der Waals surface area (Å²) in [6, 6.07) is 5.73. The lowest BCUT2D eigenvalue weighted by atomic mass is 9.77. The summed E-state index contributed by atoms with van der Waals surface area (Å²) in [7, 11) is 0. The molecule has 0 amide bonds. The van der Waals surface area contributed by atoms with Crippen molar-refractivity contribution >= 4 is 0 Å². The van der Waals surface area contributed by atoms with Gasteiger partial charge in [0.15, 0.2) is 0 Å². The van der Waals surface area contributed by atoms with Crippen LogP contribution < -0.4 is 5.32 Å². The van der Waals surface area contributed by atoms with E-state index in [1.54, 1.807) is 18.3 Å². The molecule has 4 heteroatoms. The first kappa shape index (κ1) is 11.0. The van der Waals surface area contributed by atoms with E-state index in [4.69, 9.17) is 0 Å². The van der Waals surface area contributed by atoms with Crippen molar-refractivity contribution < 1.29 is 4.39 Å². The van der Waals surface area contributed by atoms with Crippen LogP contribution in [0.2, 0.25) is 0 Å². The summed E-state index contributed by atoms with van der Waals surface area (Å²) in [5.74, 6) is 0. The minimum atomic E-state index is -0.531. The zero-order chi connectivity index (χ0) is 11.4. The topological polar surface area (TPSA) is 48.7 Å². The summed E-state index contributed by atoms with van der Waals surface area (Å²) >= 11 is 0. The Morgan fingerprint density at radius 3 is 2.88 bits per heavy atom. The highest BCUT2D eigenvalue weighted by molar-refractivity contribution is 5.30. The SMILES string of the molecule is N#CC1(c2cc(CF)ccn2)CCNCC1. The molecular weight excluding hydrogens is 205 g/mol. The lowest BCUT2D eigenvalue weighted by molar-refractivity contribution is 0.374. The lowest BCUT2D eigenvalue weighted by Crippen LogP contribution is -2.39. The van der Waals surface area contributed by atoms with Crippen LogP contribution in [0.25, 0.3) is 0 Å². The first-order chi connectivity index (χ1) is 7.80. The third kappa shape index (κ3) is 1.91. The largest absolute Gasteiger partial charge is 0.317 e. The molecule has 0 aromatic carbocycles. The normalized spacial score (nSPS) is 19.0. The van der Waals surface area contributed by atoms with Gasteiger partial charge in [0.25, 0.3) is 0 Å². The van der Waals surface area contributed by atoms with Gasteiger partial charge < -0.3 is 5.32 Å². The summed E-state index contributed by atoms with van der Waals surface area (Å²) < 4.78 is 12.6. The van der Waals surface area contributed by atoms with Crippen molar-refractivity contribution in [3.63, 3.8) is 0 Å². The third-order valence-electron chi connectivity index (χ3n) is 3.14. The number of halogens is 1. The molecule has 84 valence electrons. The maximum Gasteiger partial charge on any atom is 0.115 e. The fraction of sp³-hybridized carbons (Fsp3) is 0.500. The molecule has 1 aromatic heterocycles. The van der Waals surface area contributed by atoms with Crippen LogP contribution in [-0.4, -0.2) is 18.1 Å². The zero-order valence-electron chi connectivity index (χ0n) is 9.04. The number of piperidine rings is 1. The van der Waals surface area contributed by atoms with Gasteiger partial charge in [-0.15, -0.1) is 0 Å². The molecule has 0 radical (unpaired) electrons. The van der Waals surface area contributed by atoms with Crippen molar-refractivity contribution in [1.29, 1.82) is 5.26 Å². The van der Waals surface area contributed by atoms with Gasteiger partial charge >= 0.3 is 0 Å². The van der Waals surface area contributed by atoms with Gasteiger partial charge in [-0.3, -0.25) is 4.98 Å². The first-order valence-electron chi connectivity index (χ1n) is 5.44. The Balaban J connectivity index is 2.36. The molecule has 0 unspecified atom stereocenters. The second kappa shape index (κ2) is 4.58. The highest BCUT2D eigenvalue weighted by Gasteiger charge is 2.35. The van der Waals surface area contributed by atoms with Gasteiger partial charge in [-0.1, -0.05) is 0 Å². The maximum atomic E-state index is 12.6.